The van der Waals surface area contributed by atoms with Crippen LogP contribution in [-0.4, -0.2) is 10.5 Å². The maximum absolute atomic E-state index is 10.9. The Hall–Kier alpha value is -0.340. The minimum absolute atomic E-state index is 0.190. The summed E-state index contributed by atoms with van der Waals surface area (Å²) in [5.41, 5.74) is 0. The molecule has 0 rings (SSSR count). The Morgan fingerprint density at radius 1 is 0.500 bits per heavy atom. The van der Waals surface area contributed by atoms with Gasteiger partial charge in [0.15, 0.2) is 0 Å². The van der Waals surface area contributed by atoms with Gasteiger partial charge in [0.1, 0.15) is 0 Å². The van der Waals surface area contributed by atoms with Crippen LogP contribution in [0.1, 0.15) is 194 Å². The fourth-order valence-corrected chi connectivity index (χ4v) is 6.20. The van der Waals surface area contributed by atoms with Crippen molar-refractivity contribution in [1.82, 2.24) is 0 Å². The van der Waals surface area contributed by atoms with Gasteiger partial charge >= 0.3 is 0 Å². The van der Waals surface area contributed by atoms with Gasteiger partial charge in [-0.05, 0) is 80.0 Å². The van der Waals surface area contributed by atoms with Gasteiger partial charge in [-0.2, -0.15) is 0 Å². The molecule has 0 aromatic rings. The summed E-state index contributed by atoms with van der Waals surface area (Å²) in [6.45, 7) is 4.60. The monoisotopic (exact) mass is 600 g/mol. The largest absolute Gasteiger partial charge is 0.281 e. The van der Waals surface area contributed by atoms with Crippen LogP contribution in [-0.2, 0) is 9.59 Å². The van der Waals surface area contributed by atoms with Crippen LogP contribution in [0.5, 0.6) is 0 Å². The fraction of sp³-hybridized carbons (Fsp3) is 0.889. The highest BCUT2D eigenvalue weighted by Crippen LogP contribution is 2.31. The molecule has 0 aliphatic carbocycles. The molecule has 0 spiro atoms. The molecule has 0 aromatic carbocycles. The molecule has 0 saturated heterocycles. The molecule has 0 bridgehead atoms. The zero-order valence-corrected chi connectivity index (χ0v) is 28.2. The van der Waals surface area contributed by atoms with Crippen molar-refractivity contribution in [2.45, 2.75) is 194 Å². The second kappa shape index (κ2) is 31.6. The van der Waals surface area contributed by atoms with Gasteiger partial charge in [0.05, 0.1) is 0 Å². The summed E-state index contributed by atoms with van der Waals surface area (Å²) in [7, 11) is 0. The minimum Gasteiger partial charge on any atom is -0.281 e. The number of allylic oxidation sites excluding steroid dienone is 2. The van der Waals surface area contributed by atoms with E-state index in [9.17, 15) is 9.59 Å². The van der Waals surface area contributed by atoms with E-state index in [1.54, 1.807) is 0 Å². The van der Waals surface area contributed by atoms with Crippen molar-refractivity contribution in [3.05, 3.63) is 12.2 Å². The molecular formula is C36H66Cl2O2. The molecule has 0 saturated carbocycles. The number of hydrogen-bond donors (Lipinski definition) is 0. The lowest BCUT2D eigenvalue weighted by molar-refractivity contribution is -0.112. The average molecular weight is 602 g/mol. The molecule has 40 heavy (non-hydrogen) atoms. The minimum atomic E-state index is -0.198. The van der Waals surface area contributed by atoms with Crippen LogP contribution in [0.2, 0.25) is 0 Å². The van der Waals surface area contributed by atoms with Gasteiger partial charge in [0.2, 0.25) is 10.5 Å². The first kappa shape index (κ1) is 39.7. The van der Waals surface area contributed by atoms with Crippen molar-refractivity contribution in [2.75, 3.05) is 0 Å². The molecule has 0 aromatic heterocycles. The third-order valence-electron chi connectivity index (χ3n) is 8.50. The number of carbonyl (C=O) groups excluding carboxylic acids is 2. The quantitative estimate of drug-likeness (QED) is 0.0437. The van der Waals surface area contributed by atoms with E-state index in [0.717, 1.165) is 43.9 Å². The highest BCUT2D eigenvalue weighted by molar-refractivity contribution is 6.63. The topological polar surface area (TPSA) is 34.1 Å². The van der Waals surface area contributed by atoms with E-state index in [2.05, 4.69) is 26.0 Å². The van der Waals surface area contributed by atoms with Gasteiger partial charge in [-0.15, -0.1) is 0 Å². The zero-order valence-electron chi connectivity index (χ0n) is 26.7. The Bertz CT molecular complexity index is 589. The molecular weight excluding hydrogens is 535 g/mol. The molecule has 0 aliphatic rings. The van der Waals surface area contributed by atoms with E-state index in [0.29, 0.717) is 12.8 Å². The van der Waals surface area contributed by atoms with Crippen molar-refractivity contribution < 1.29 is 9.59 Å². The Labute approximate surface area is 260 Å². The van der Waals surface area contributed by atoms with E-state index in [1.165, 1.54) is 135 Å². The Morgan fingerprint density at radius 2 is 0.875 bits per heavy atom. The van der Waals surface area contributed by atoms with E-state index in [4.69, 9.17) is 23.2 Å². The van der Waals surface area contributed by atoms with Crippen LogP contribution in [0.15, 0.2) is 12.2 Å². The molecule has 4 heteroatoms. The first-order valence-electron chi connectivity index (χ1n) is 17.5. The summed E-state index contributed by atoms with van der Waals surface area (Å²) < 4.78 is 0. The van der Waals surface area contributed by atoms with Gasteiger partial charge in [-0.1, -0.05) is 148 Å². The Kier molecular flexibility index (Phi) is 31.3. The number of halogens is 2. The molecule has 0 fully saturated rings. The number of hydrogen-bond acceptors (Lipinski definition) is 2. The smallest absolute Gasteiger partial charge is 0.221 e. The summed E-state index contributed by atoms with van der Waals surface area (Å²) in [4.78, 5) is 21.9. The normalized spacial score (nSPS) is 13.2. The van der Waals surface area contributed by atoms with E-state index in [1.807, 2.05) is 0 Å². The summed E-state index contributed by atoms with van der Waals surface area (Å²) in [6, 6.07) is 0. The second-order valence-corrected chi connectivity index (χ2v) is 13.1. The molecule has 0 heterocycles. The summed E-state index contributed by atoms with van der Waals surface area (Å²) >= 11 is 10.9. The van der Waals surface area contributed by atoms with Crippen molar-refractivity contribution in [2.24, 2.45) is 11.8 Å². The number of rotatable bonds is 32. The zero-order chi connectivity index (χ0) is 29.5. The van der Waals surface area contributed by atoms with E-state index >= 15 is 0 Å². The lowest BCUT2D eigenvalue weighted by Gasteiger charge is -2.26. The van der Waals surface area contributed by atoms with Gasteiger partial charge in [0.25, 0.3) is 0 Å². The van der Waals surface area contributed by atoms with Gasteiger partial charge in [0, 0.05) is 12.8 Å². The van der Waals surface area contributed by atoms with Gasteiger partial charge in [-0.3, -0.25) is 9.59 Å². The maximum Gasteiger partial charge on any atom is 0.221 e. The van der Waals surface area contributed by atoms with Crippen LogP contribution in [0.25, 0.3) is 0 Å². The standard InChI is InChI=1S/C36H66Cl2O2/c1-3-5-7-9-15-21-27-33(29-23-17-11-13-19-25-31-35(37)39)34(28-22-16-10-8-6-4-2)30-24-18-12-14-20-26-32-36(38)40/h23,29,33-34H,3-22,24-28,30-32H2,1-2H3. The van der Waals surface area contributed by atoms with Crippen molar-refractivity contribution in [3.8, 4) is 0 Å². The van der Waals surface area contributed by atoms with Crippen LogP contribution in [0, 0.1) is 11.8 Å². The molecule has 0 N–H and O–H groups in total. The van der Waals surface area contributed by atoms with Crippen LogP contribution in [0.3, 0.4) is 0 Å². The highest BCUT2D eigenvalue weighted by atomic mass is 35.5. The molecule has 2 atom stereocenters. The molecule has 0 aliphatic heterocycles. The van der Waals surface area contributed by atoms with Crippen LogP contribution in [0.4, 0.5) is 0 Å². The van der Waals surface area contributed by atoms with Crippen molar-refractivity contribution >= 4 is 33.7 Å². The first-order chi connectivity index (χ1) is 19.5. The summed E-state index contributed by atoms with van der Waals surface area (Å²) in [6.07, 6.45) is 39.7. The third-order valence-corrected chi connectivity index (χ3v) is 8.88. The predicted molar refractivity (Wildman–Crippen MR) is 178 cm³/mol. The second-order valence-electron chi connectivity index (χ2n) is 12.3. The highest BCUT2D eigenvalue weighted by Gasteiger charge is 2.18. The average Bonchev–Trinajstić information content (AvgIpc) is 2.92. The van der Waals surface area contributed by atoms with E-state index < -0.39 is 0 Å². The SMILES string of the molecule is CCCCCCCCC(C=CCCCCCCC(=O)Cl)C(CCCCCCCC)CCCCCCCCC(=O)Cl. The van der Waals surface area contributed by atoms with Crippen molar-refractivity contribution in [1.29, 1.82) is 0 Å². The molecule has 2 nitrogen and oxygen atoms in total. The lowest BCUT2D eigenvalue weighted by atomic mass is 9.80. The maximum atomic E-state index is 10.9. The van der Waals surface area contributed by atoms with Gasteiger partial charge in [-0.25, -0.2) is 0 Å². The fourth-order valence-electron chi connectivity index (χ4n) is 5.94. The lowest BCUT2D eigenvalue weighted by Crippen LogP contribution is -2.14. The summed E-state index contributed by atoms with van der Waals surface area (Å²) in [5, 5.41) is -0.388. The Morgan fingerprint density at radius 3 is 1.32 bits per heavy atom. The molecule has 236 valence electrons. The summed E-state index contributed by atoms with van der Waals surface area (Å²) in [5.74, 6) is 1.55. The van der Waals surface area contributed by atoms with Crippen LogP contribution >= 0.6 is 23.2 Å². The number of carbonyl (C=O) groups is 2. The van der Waals surface area contributed by atoms with Crippen LogP contribution < -0.4 is 0 Å². The first-order valence-corrected chi connectivity index (χ1v) is 18.3. The van der Waals surface area contributed by atoms with Gasteiger partial charge < -0.3 is 0 Å². The Balaban J connectivity index is 4.84. The molecule has 0 radical (unpaired) electrons. The third kappa shape index (κ3) is 29.2. The molecule has 0 amide bonds. The van der Waals surface area contributed by atoms with E-state index in [-0.39, 0.29) is 10.5 Å². The van der Waals surface area contributed by atoms with Crippen molar-refractivity contribution in [3.63, 3.8) is 0 Å². The number of unbranched alkanes of at least 4 members (excludes halogenated alkanes) is 19. The predicted octanol–water partition coefficient (Wildman–Crippen LogP) is 13.3. The molecule has 2 unspecified atom stereocenters.